The van der Waals surface area contributed by atoms with Crippen molar-refractivity contribution in [3.05, 3.63) is 24.3 Å². The van der Waals surface area contributed by atoms with E-state index < -0.39 is 5.97 Å². The highest BCUT2D eigenvalue weighted by molar-refractivity contribution is 5.86. The molecule has 0 aliphatic carbocycles. The Bertz CT molecular complexity index is 331. The lowest BCUT2D eigenvalue weighted by molar-refractivity contribution is -0.134. The Balaban J connectivity index is 2.59. The van der Waals surface area contributed by atoms with Crippen molar-refractivity contribution in [1.29, 1.82) is 0 Å². The van der Waals surface area contributed by atoms with Gasteiger partial charge in [-0.15, -0.1) is 0 Å². The van der Waals surface area contributed by atoms with Crippen LogP contribution in [0.15, 0.2) is 18.6 Å². The SMILES string of the molecule is COCn1cnc(/C=C/C(=O)OC)c1. The molecule has 1 aromatic rings. The van der Waals surface area contributed by atoms with Gasteiger partial charge in [-0.2, -0.15) is 0 Å². The first-order valence-electron chi connectivity index (χ1n) is 4.03. The van der Waals surface area contributed by atoms with E-state index in [1.807, 2.05) is 0 Å². The van der Waals surface area contributed by atoms with Gasteiger partial charge in [-0.1, -0.05) is 0 Å². The third-order valence-corrected chi connectivity index (χ3v) is 1.52. The van der Waals surface area contributed by atoms with Crippen molar-refractivity contribution >= 4 is 12.0 Å². The molecule has 14 heavy (non-hydrogen) atoms. The molecule has 5 nitrogen and oxygen atoms in total. The van der Waals surface area contributed by atoms with E-state index in [0.717, 1.165) is 0 Å². The molecule has 1 rings (SSSR count). The first-order chi connectivity index (χ1) is 6.76. The summed E-state index contributed by atoms with van der Waals surface area (Å²) in [6.45, 7) is 0.444. The summed E-state index contributed by atoms with van der Waals surface area (Å²) in [6, 6.07) is 0. The van der Waals surface area contributed by atoms with Gasteiger partial charge in [0.15, 0.2) is 0 Å². The van der Waals surface area contributed by atoms with Gasteiger partial charge in [-0.3, -0.25) is 0 Å². The molecule has 0 amide bonds. The number of esters is 1. The van der Waals surface area contributed by atoms with Crippen molar-refractivity contribution in [3.63, 3.8) is 0 Å². The Morgan fingerprint density at radius 3 is 3.07 bits per heavy atom. The maximum Gasteiger partial charge on any atom is 0.330 e. The minimum Gasteiger partial charge on any atom is -0.466 e. The molecule has 0 fully saturated rings. The number of nitrogens with zero attached hydrogens (tertiary/aromatic N) is 2. The Morgan fingerprint density at radius 1 is 1.64 bits per heavy atom. The van der Waals surface area contributed by atoms with E-state index in [4.69, 9.17) is 4.74 Å². The first-order valence-corrected chi connectivity index (χ1v) is 4.03. The highest BCUT2D eigenvalue weighted by Gasteiger charge is 1.95. The molecule has 76 valence electrons. The maximum atomic E-state index is 10.7. The van der Waals surface area contributed by atoms with Gasteiger partial charge in [0, 0.05) is 19.4 Å². The third-order valence-electron chi connectivity index (χ3n) is 1.52. The number of aromatic nitrogens is 2. The van der Waals surface area contributed by atoms with Gasteiger partial charge in [0.05, 0.1) is 19.1 Å². The molecule has 0 saturated carbocycles. The average Bonchev–Trinajstić information content (AvgIpc) is 2.63. The number of hydrogen-bond acceptors (Lipinski definition) is 4. The Morgan fingerprint density at radius 2 is 2.43 bits per heavy atom. The van der Waals surface area contributed by atoms with E-state index in [-0.39, 0.29) is 0 Å². The molecule has 0 bridgehead atoms. The second-order valence-corrected chi connectivity index (χ2v) is 2.59. The minimum absolute atomic E-state index is 0.397. The molecule has 0 aliphatic rings. The predicted molar refractivity (Wildman–Crippen MR) is 50.3 cm³/mol. The highest BCUT2D eigenvalue weighted by Crippen LogP contribution is 1.99. The van der Waals surface area contributed by atoms with Gasteiger partial charge >= 0.3 is 5.97 Å². The summed E-state index contributed by atoms with van der Waals surface area (Å²) in [5.74, 6) is -0.397. The molecule has 0 atom stereocenters. The van der Waals surface area contributed by atoms with Gasteiger partial charge in [-0.25, -0.2) is 9.78 Å². The monoisotopic (exact) mass is 196 g/mol. The largest absolute Gasteiger partial charge is 0.466 e. The van der Waals surface area contributed by atoms with Crippen molar-refractivity contribution in [2.45, 2.75) is 6.73 Å². The number of carbonyl (C=O) groups is 1. The fourth-order valence-corrected chi connectivity index (χ4v) is 0.905. The van der Waals surface area contributed by atoms with Gasteiger partial charge in [0.2, 0.25) is 0 Å². The fourth-order valence-electron chi connectivity index (χ4n) is 0.905. The van der Waals surface area contributed by atoms with Crippen LogP contribution in [0.25, 0.3) is 6.08 Å². The second kappa shape index (κ2) is 5.18. The molecule has 5 heteroatoms. The number of methoxy groups -OCH3 is 2. The van der Waals surface area contributed by atoms with Crippen molar-refractivity contribution in [2.75, 3.05) is 14.2 Å². The Labute approximate surface area is 82.0 Å². The molecule has 0 spiro atoms. The summed E-state index contributed by atoms with van der Waals surface area (Å²) < 4.78 is 11.1. The van der Waals surface area contributed by atoms with Crippen molar-refractivity contribution < 1.29 is 14.3 Å². The summed E-state index contributed by atoms with van der Waals surface area (Å²) in [6.07, 6.45) is 6.29. The molecule has 1 heterocycles. The standard InChI is InChI=1S/C9H12N2O3/c1-13-7-11-5-8(10-6-11)3-4-9(12)14-2/h3-6H,7H2,1-2H3/b4-3+. The lowest BCUT2D eigenvalue weighted by Crippen LogP contribution is -1.95. The minimum atomic E-state index is -0.397. The number of imidazole rings is 1. The summed E-state index contributed by atoms with van der Waals surface area (Å²) >= 11 is 0. The Hall–Kier alpha value is -1.62. The smallest absolute Gasteiger partial charge is 0.330 e. The highest BCUT2D eigenvalue weighted by atomic mass is 16.5. The molecular weight excluding hydrogens is 184 g/mol. The van der Waals surface area contributed by atoms with Gasteiger partial charge in [-0.05, 0) is 6.08 Å². The summed E-state index contributed by atoms with van der Waals surface area (Å²) in [5, 5.41) is 0. The van der Waals surface area contributed by atoms with E-state index >= 15 is 0 Å². The van der Waals surface area contributed by atoms with E-state index in [9.17, 15) is 4.79 Å². The van der Waals surface area contributed by atoms with Crippen LogP contribution in [0.5, 0.6) is 0 Å². The van der Waals surface area contributed by atoms with Crippen LogP contribution in [0.3, 0.4) is 0 Å². The lowest BCUT2D eigenvalue weighted by atomic mass is 10.4. The molecule has 0 aromatic carbocycles. The van der Waals surface area contributed by atoms with Crippen LogP contribution in [-0.2, 0) is 21.0 Å². The van der Waals surface area contributed by atoms with Gasteiger partial charge in [0.25, 0.3) is 0 Å². The van der Waals surface area contributed by atoms with Crippen molar-refractivity contribution in [1.82, 2.24) is 9.55 Å². The van der Waals surface area contributed by atoms with Crippen LogP contribution in [-0.4, -0.2) is 29.7 Å². The molecule has 0 unspecified atom stereocenters. The predicted octanol–water partition coefficient (Wildman–Crippen LogP) is 0.673. The van der Waals surface area contributed by atoms with Crippen LogP contribution < -0.4 is 0 Å². The van der Waals surface area contributed by atoms with Crippen LogP contribution in [0.1, 0.15) is 5.69 Å². The second-order valence-electron chi connectivity index (χ2n) is 2.59. The molecular formula is C9H12N2O3. The van der Waals surface area contributed by atoms with Crippen molar-refractivity contribution in [3.8, 4) is 0 Å². The van der Waals surface area contributed by atoms with Crippen LogP contribution in [0, 0.1) is 0 Å². The van der Waals surface area contributed by atoms with Gasteiger partial charge < -0.3 is 14.0 Å². The van der Waals surface area contributed by atoms with E-state index in [0.29, 0.717) is 12.4 Å². The maximum absolute atomic E-state index is 10.7. The van der Waals surface area contributed by atoms with Crippen molar-refractivity contribution in [2.24, 2.45) is 0 Å². The topological polar surface area (TPSA) is 53.4 Å². The normalized spacial score (nSPS) is 10.7. The molecule has 0 saturated heterocycles. The van der Waals surface area contributed by atoms with Gasteiger partial charge in [0.1, 0.15) is 6.73 Å². The third kappa shape index (κ3) is 3.02. The molecule has 0 radical (unpaired) electrons. The van der Waals surface area contributed by atoms with Crippen LogP contribution in [0.2, 0.25) is 0 Å². The number of ether oxygens (including phenoxy) is 2. The van der Waals surface area contributed by atoms with E-state index in [1.54, 1.807) is 30.3 Å². The fraction of sp³-hybridized carbons (Fsp3) is 0.333. The summed E-state index contributed by atoms with van der Waals surface area (Å²) in [4.78, 5) is 14.8. The van der Waals surface area contributed by atoms with E-state index in [2.05, 4.69) is 9.72 Å². The zero-order valence-electron chi connectivity index (χ0n) is 8.14. The average molecular weight is 196 g/mol. The molecule has 1 aromatic heterocycles. The summed E-state index contributed by atoms with van der Waals surface area (Å²) in [5.41, 5.74) is 0.687. The number of rotatable bonds is 4. The van der Waals surface area contributed by atoms with Crippen LogP contribution in [0.4, 0.5) is 0 Å². The first kappa shape index (κ1) is 10.5. The van der Waals surface area contributed by atoms with Crippen LogP contribution >= 0.6 is 0 Å². The number of carbonyl (C=O) groups excluding carboxylic acids is 1. The Kier molecular flexibility index (Phi) is 3.87. The zero-order valence-corrected chi connectivity index (χ0v) is 8.14. The lowest BCUT2D eigenvalue weighted by Gasteiger charge is -1.95. The van der Waals surface area contributed by atoms with E-state index in [1.165, 1.54) is 13.2 Å². The number of hydrogen-bond donors (Lipinski definition) is 0. The zero-order chi connectivity index (χ0) is 10.4. The quantitative estimate of drug-likeness (QED) is 0.524. The summed E-state index contributed by atoms with van der Waals surface area (Å²) in [7, 11) is 2.93. The molecule has 0 N–H and O–H groups in total. The molecule has 0 aliphatic heterocycles.